The predicted octanol–water partition coefficient (Wildman–Crippen LogP) is 4.71. The van der Waals surface area contributed by atoms with Crippen LogP contribution >= 0.6 is 0 Å². The number of unbranched alkanes of at least 4 members (excludes halogenated alkanes) is 12. The molecule has 0 saturated carbocycles. The summed E-state index contributed by atoms with van der Waals surface area (Å²) in [4.78, 5) is 11.4. The molecule has 0 saturated heterocycles. The summed E-state index contributed by atoms with van der Waals surface area (Å²) in [5, 5.41) is 17.7. The van der Waals surface area contributed by atoms with E-state index in [-0.39, 0.29) is 5.97 Å². The number of carbonyl (C=O) groups is 1. The molecule has 0 aliphatic heterocycles. The lowest BCUT2D eigenvalue weighted by atomic mass is 10.0. The minimum Gasteiger partial charge on any atom is -0.457 e. The molecule has 1 atom stereocenters. The van der Waals surface area contributed by atoms with Crippen LogP contribution in [0.3, 0.4) is 0 Å². The summed E-state index contributed by atoms with van der Waals surface area (Å²) in [6.45, 7) is 3.73. The molecule has 23 heavy (non-hydrogen) atoms. The molecule has 4 heteroatoms. The Morgan fingerprint density at radius 3 is 1.57 bits per heavy atom. The van der Waals surface area contributed by atoms with Gasteiger partial charge in [0.1, 0.15) is 6.10 Å². The van der Waals surface area contributed by atoms with Crippen LogP contribution in [0.1, 0.15) is 104 Å². The Labute approximate surface area is 142 Å². The minimum atomic E-state index is -1.59. The van der Waals surface area contributed by atoms with Crippen LogP contribution in [0.4, 0.5) is 0 Å². The van der Waals surface area contributed by atoms with Gasteiger partial charge in [0.2, 0.25) is 0 Å². The molecular weight excluding hydrogens is 292 g/mol. The van der Waals surface area contributed by atoms with E-state index in [1.54, 1.807) is 0 Å². The van der Waals surface area contributed by atoms with E-state index >= 15 is 0 Å². The van der Waals surface area contributed by atoms with Gasteiger partial charge in [0.25, 0.3) is 0 Å². The van der Waals surface area contributed by atoms with Gasteiger partial charge < -0.3 is 14.9 Å². The van der Waals surface area contributed by atoms with Gasteiger partial charge in [0.15, 0.2) is 6.29 Å². The summed E-state index contributed by atoms with van der Waals surface area (Å²) in [5.41, 5.74) is 0. The molecule has 1 unspecified atom stereocenters. The molecule has 2 N–H and O–H groups in total. The first-order valence-electron chi connectivity index (χ1n) is 9.63. The second-order valence-electron chi connectivity index (χ2n) is 6.60. The lowest BCUT2D eigenvalue weighted by Crippen LogP contribution is -2.27. The quantitative estimate of drug-likeness (QED) is 0.244. The van der Waals surface area contributed by atoms with E-state index in [0.29, 0.717) is 6.42 Å². The molecule has 0 rings (SSSR count). The third kappa shape index (κ3) is 16.0. The van der Waals surface area contributed by atoms with Crippen LogP contribution in [-0.2, 0) is 9.53 Å². The fraction of sp³-hybridized carbons (Fsp3) is 0.947. The highest BCUT2D eigenvalue weighted by molar-refractivity contribution is 5.69. The maximum atomic E-state index is 11.4. The molecule has 0 amide bonds. The number of ether oxygens (including phenoxy) is 1. The van der Waals surface area contributed by atoms with E-state index in [2.05, 4.69) is 6.92 Å². The highest BCUT2D eigenvalue weighted by atomic mass is 16.6. The van der Waals surface area contributed by atoms with Crippen LogP contribution in [0, 0.1) is 0 Å². The van der Waals surface area contributed by atoms with Crippen molar-refractivity contribution in [3.05, 3.63) is 0 Å². The van der Waals surface area contributed by atoms with Crippen LogP contribution in [-0.4, -0.2) is 28.6 Å². The maximum Gasteiger partial charge on any atom is 0.306 e. The van der Waals surface area contributed by atoms with Gasteiger partial charge in [0, 0.05) is 6.42 Å². The number of esters is 1. The maximum absolute atomic E-state index is 11.4. The molecule has 0 aromatic rings. The monoisotopic (exact) mass is 330 g/mol. The number of carbonyl (C=O) groups excluding carboxylic acids is 1. The van der Waals surface area contributed by atoms with Crippen molar-refractivity contribution in [3.63, 3.8) is 0 Å². The first-order valence-corrected chi connectivity index (χ1v) is 9.63. The largest absolute Gasteiger partial charge is 0.457 e. The van der Waals surface area contributed by atoms with Crippen molar-refractivity contribution in [2.45, 2.75) is 116 Å². The van der Waals surface area contributed by atoms with Gasteiger partial charge in [0.05, 0.1) is 0 Å². The molecule has 0 aliphatic rings. The number of aliphatic hydroxyl groups is 2. The standard InChI is InChI=1S/C19H38O4/c1-3-4-5-6-7-8-9-10-11-12-13-14-15-16-18(20)23-17(2)19(21)22/h17,19,21-22H,3-16H2,1-2H3. The van der Waals surface area contributed by atoms with Crippen LogP contribution in [0.25, 0.3) is 0 Å². The van der Waals surface area contributed by atoms with Gasteiger partial charge >= 0.3 is 5.97 Å². The predicted molar refractivity (Wildman–Crippen MR) is 94.1 cm³/mol. The normalized spacial score (nSPS) is 12.6. The van der Waals surface area contributed by atoms with Gasteiger partial charge in [-0.25, -0.2) is 0 Å². The summed E-state index contributed by atoms with van der Waals surface area (Å²) in [7, 11) is 0. The van der Waals surface area contributed by atoms with Gasteiger partial charge in [-0.05, 0) is 13.3 Å². The molecule has 0 aromatic heterocycles. The van der Waals surface area contributed by atoms with E-state index in [4.69, 9.17) is 14.9 Å². The van der Waals surface area contributed by atoms with Crippen molar-refractivity contribution in [2.75, 3.05) is 0 Å². The average molecular weight is 331 g/mol. The zero-order chi connectivity index (χ0) is 17.3. The van der Waals surface area contributed by atoms with Crippen molar-refractivity contribution < 1.29 is 19.7 Å². The van der Waals surface area contributed by atoms with Crippen molar-refractivity contribution in [1.82, 2.24) is 0 Å². The van der Waals surface area contributed by atoms with Crippen LogP contribution in [0.5, 0.6) is 0 Å². The SMILES string of the molecule is CCCCCCCCCCCCCCCC(=O)OC(C)C(O)O. The fourth-order valence-corrected chi connectivity index (χ4v) is 2.61. The highest BCUT2D eigenvalue weighted by Gasteiger charge is 2.15. The number of hydrogen-bond donors (Lipinski definition) is 2. The van der Waals surface area contributed by atoms with Crippen LogP contribution < -0.4 is 0 Å². The Morgan fingerprint density at radius 2 is 1.17 bits per heavy atom. The highest BCUT2D eigenvalue weighted by Crippen LogP contribution is 2.13. The van der Waals surface area contributed by atoms with Crippen molar-refractivity contribution >= 4 is 5.97 Å². The first-order chi connectivity index (χ1) is 11.1. The topological polar surface area (TPSA) is 66.8 Å². The molecule has 0 aromatic carbocycles. The molecule has 0 bridgehead atoms. The Balaban J connectivity index is 3.20. The lowest BCUT2D eigenvalue weighted by Gasteiger charge is -2.14. The van der Waals surface area contributed by atoms with Crippen LogP contribution in [0.15, 0.2) is 0 Å². The van der Waals surface area contributed by atoms with Crippen molar-refractivity contribution in [3.8, 4) is 0 Å². The molecule has 0 heterocycles. The zero-order valence-corrected chi connectivity index (χ0v) is 15.3. The van der Waals surface area contributed by atoms with E-state index < -0.39 is 12.4 Å². The Bertz CT molecular complexity index is 266. The molecular formula is C19H38O4. The lowest BCUT2D eigenvalue weighted by molar-refractivity contribution is -0.172. The third-order valence-electron chi connectivity index (χ3n) is 4.22. The van der Waals surface area contributed by atoms with Gasteiger partial charge in [-0.15, -0.1) is 0 Å². The van der Waals surface area contributed by atoms with E-state index in [9.17, 15) is 4.79 Å². The smallest absolute Gasteiger partial charge is 0.306 e. The average Bonchev–Trinajstić information content (AvgIpc) is 2.51. The van der Waals surface area contributed by atoms with Crippen molar-refractivity contribution in [2.24, 2.45) is 0 Å². The number of rotatable bonds is 16. The second-order valence-corrected chi connectivity index (χ2v) is 6.60. The molecule has 0 spiro atoms. The van der Waals surface area contributed by atoms with Crippen LogP contribution in [0.2, 0.25) is 0 Å². The van der Waals surface area contributed by atoms with Gasteiger partial charge in [-0.1, -0.05) is 84.0 Å². The molecule has 4 nitrogen and oxygen atoms in total. The Morgan fingerprint density at radius 1 is 0.783 bits per heavy atom. The summed E-state index contributed by atoms with van der Waals surface area (Å²) >= 11 is 0. The fourth-order valence-electron chi connectivity index (χ4n) is 2.61. The van der Waals surface area contributed by atoms with E-state index in [1.165, 1.54) is 77.6 Å². The van der Waals surface area contributed by atoms with E-state index in [0.717, 1.165) is 12.8 Å². The summed E-state index contributed by atoms with van der Waals surface area (Å²) in [6, 6.07) is 0. The Hall–Kier alpha value is -0.610. The van der Waals surface area contributed by atoms with Crippen molar-refractivity contribution in [1.29, 1.82) is 0 Å². The first kappa shape index (κ1) is 22.4. The number of aliphatic hydroxyl groups excluding tert-OH is 1. The summed E-state index contributed by atoms with van der Waals surface area (Å²) in [6.07, 6.45) is 14.5. The van der Waals surface area contributed by atoms with Gasteiger partial charge in [-0.2, -0.15) is 0 Å². The Kier molecular flexibility index (Phi) is 15.8. The molecule has 0 radical (unpaired) electrons. The van der Waals surface area contributed by atoms with E-state index in [1.807, 2.05) is 0 Å². The minimum absolute atomic E-state index is 0.339. The summed E-state index contributed by atoms with van der Waals surface area (Å²) in [5.74, 6) is -0.339. The van der Waals surface area contributed by atoms with Gasteiger partial charge in [-0.3, -0.25) is 4.79 Å². The molecule has 0 aliphatic carbocycles. The molecule has 0 fully saturated rings. The molecule has 138 valence electrons. The second kappa shape index (κ2) is 16.3. The zero-order valence-electron chi connectivity index (χ0n) is 15.3. The third-order valence-corrected chi connectivity index (χ3v) is 4.22. The summed E-state index contributed by atoms with van der Waals surface area (Å²) < 4.78 is 4.88. The number of hydrogen-bond acceptors (Lipinski definition) is 4.